The van der Waals surface area contributed by atoms with E-state index in [4.69, 9.17) is 0 Å². The Morgan fingerprint density at radius 3 is 2.62 bits per heavy atom. The largest absolute Gasteiger partial charge is 0.344 e. The molecule has 1 rings (SSSR count). The Bertz CT molecular complexity index is 247. The predicted octanol–water partition coefficient (Wildman–Crippen LogP) is 0.395. The number of nitrogens with zero attached hydrogens (tertiary/aromatic N) is 2. The Balaban J connectivity index is 2.49. The lowest BCUT2D eigenvalue weighted by Gasteiger charge is -2.34. The molecule has 0 radical (unpaired) electrons. The first-order valence-electron chi connectivity index (χ1n) is 5.96. The van der Waals surface area contributed by atoms with Crippen molar-refractivity contribution in [2.24, 2.45) is 5.41 Å². The molecule has 0 saturated carbocycles. The van der Waals surface area contributed by atoms with Gasteiger partial charge in [-0.3, -0.25) is 4.79 Å². The van der Waals surface area contributed by atoms with Crippen LogP contribution < -0.4 is 5.32 Å². The molecule has 94 valence electrons. The first kappa shape index (κ1) is 13.5. The molecule has 1 atom stereocenters. The molecule has 4 heteroatoms. The molecule has 1 N–H and O–H groups in total. The van der Waals surface area contributed by atoms with Crippen LogP contribution in [0.1, 0.15) is 20.8 Å². The quantitative estimate of drug-likeness (QED) is 0.741. The van der Waals surface area contributed by atoms with E-state index in [9.17, 15) is 4.79 Å². The number of piperazine rings is 1. The monoisotopic (exact) mass is 227 g/mol. The van der Waals surface area contributed by atoms with Crippen molar-refractivity contribution in [2.75, 3.05) is 40.3 Å². The second kappa shape index (κ2) is 5.15. The van der Waals surface area contributed by atoms with Gasteiger partial charge in [-0.2, -0.15) is 0 Å². The maximum absolute atomic E-state index is 12.2. The maximum Gasteiger partial charge on any atom is 0.240 e. The van der Waals surface area contributed by atoms with Gasteiger partial charge in [-0.05, 0) is 12.5 Å². The van der Waals surface area contributed by atoms with E-state index < -0.39 is 0 Å². The molecule has 1 aliphatic heterocycles. The summed E-state index contributed by atoms with van der Waals surface area (Å²) in [6.07, 6.45) is 0. The number of likely N-dealkylation sites (N-methyl/N-ethyl adjacent to an activating group) is 2. The standard InChI is InChI=1S/C12H25N3O/c1-12(2,3)9-15(5)11(16)10-8-14(4)7-6-13-10/h10,13H,6-9H2,1-5H3. The number of hydrogen-bond acceptors (Lipinski definition) is 3. The van der Waals surface area contributed by atoms with E-state index in [1.807, 2.05) is 11.9 Å². The molecule has 0 bridgehead atoms. The molecule has 4 nitrogen and oxygen atoms in total. The van der Waals surface area contributed by atoms with Gasteiger partial charge in [-0.25, -0.2) is 0 Å². The number of hydrogen-bond donors (Lipinski definition) is 1. The molecule has 1 aliphatic rings. The number of carbonyl (C=O) groups excluding carboxylic acids is 1. The van der Waals surface area contributed by atoms with E-state index in [0.717, 1.165) is 26.2 Å². The summed E-state index contributed by atoms with van der Waals surface area (Å²) in [6, 6.07) is -0.0360. The Labute approximate surface area is 99.0 Å². The zero-order chi connectivity index (χ0) is 12.3. The van der Waals surface area contributed by atoms with Gasteiger partial charge in [0.15, 0.2) is 0 Å². The molecular weight excluding hydrogens is 202 g/mol. The van der Waals surface area contributed by atoms with E-state index in [2.05, 4.69) is 38.0 Å². The molecule has 1 saturated heterocycles. The summed E-state index contributed by atoms with van der Waals surface area (Å²) in [6.45, 7) is 9.98. The summed E-state index contributed by atoms with van der Waals surface area (Å²) in [5.74, 6) is 0.210. The van der Waals surface area contributed by atoms with E-state index >= 15 is 0 Å². The molecule has 0 aromatic carbocycles. The molecule has 1 heterocycles. The van der Waals surface area contributed by atoms with Crippen LogP contribution in [0.5, 0.6) is 0 Å². The van der Waals surface area contributed by atoms with Crippen molar-refractivity contribution < 1.29 is 4.79 Å². The molecule has 0 aliphatic carbocycles. The third-order valence-electron chi connectivity index (χ3n) is 2.76. The number of carbonyl (C=O) groups is 1. The van der Waals surface area contributed by atoms with Crippen LogP contribution >= 0.6 is 0 Å². The molecule has 0 spiro atoms. The second-order valence-corrected chi connectivity index (χ2v) is 6.02. The van der Waals surface area contributed by atoms with Gasteiger partial charge in [-0.15, -0.1) is 0 Å². The predicted molar refractivity (Wildman–Crippen MR) is 66.4 cm³/mol. The summed E-state index contributed by atoms with van der Waals surface area (Å²) in [7, 11) is 3.95. The highest BCUT2D eigenvalue weighted by atomic mass is 16.2. The molecule has 16 heavy (non-hydrogen) atoms. The van der Waals surface area contributed by atoms with Crippen LogP contribution in [0.15, 0.2) is 0 Å². The van der Waals surface area contributed by atoms with Crippen molar-refractivity contribution in [2.45, 2.75) is 26.8 Å². The fraction of sp³-hybridized carbons (Fsp3) is 0.917. The number of nitrogens with one attached hydrogen (secondary N) is 1. The van der Waals surface area contributed by atoms with E-state index in [0.29, 0.717) is 0 Å². The number of amides is 1. The van der Waals surface area contributed by atoms with Gasteiger partial charge in [-0.1, -0.05) is 20.8 Å². The summed E-state index contributed by atoms with van der Waals surface area (Å²) < 4.78 is 0. The number of rotatable bonds is 2. The third kappa shape index (κ3) is 4.10. The van der Waals surface area contributed by atoms with Crippen molar-refractivity contribution in [3.05, 3.63) is 0 Å². The van der Waals surface area contributed by atoms with Gasteiger partial charge >= 0.3 is 0 Å². The van der Waals surface area contributed by atoms with Gasteiger partial charge in [0.1, 0.15) is 0 Å². The summed E-state index contributed by atoms with van der Waals surface area (Å²) in [5, 5.41) is 3.28. The summed E-state index contributed by atoms with van der Waals surface area (Å²) >= 11 is 0. The van der Waals surface area contributed by atoms with Crippen molar-refractivity contribution in [1.82, 2.24) is 15.1 Å². The van der Waals surface area contributed by atoms with Crippen LogP contribution in [0.3, 0.4) is 0 Å². The minimum atomic E-state index is -0.0360. The van der Waals surface area contributed by atoms with Crippen LogP contribution in [0, 0.1) is 5.41 Å². The zero-order valence-corrected chi connectivity index (χ0v) is 11.2. The van der Waals surface area contributed by atoms with Gasteiger partial charge in [0.2, 0.25) is 5.91 Å². The smallest absolute Gasteiger partial charge is 0.240 e. The molecule has 1 fully saturated rings. The van der Waals surface area contributed by atoms with Crippen LogP contribution in [0.4, 0.5) is 0 Å². The van der Waals surface area contributed by atoms with Crippen LogP contribution in [0.2, 0.25) is 0 Å². The van der Waals surface area contributed by atoms with Crippen molar-refractivity contribution in [3.8, 4) is 0 Å². The van der Waals surface area contributed by atoms with Crippen LogP contribution in [0.25, 0.3) is 0 Å². The third-order valence-corrected chi connectivity index (χ3v) is 2.76. The SMILES string of the molecule is CN1CCNC(C(=O)N(C)CC(C)(C)C)C1. The average Bonchev–Trinajstić information content (AvgIpc) is 2.14. The Hall–Kier alpha value is -0.610. The molecule has 0 aromatic rings. The molecule has 1 amide bonds. The van der Waals surface area contributed by atoms with Gasteiger partial charge < -0.3 is 15.1 Å². The van der Waals surface area contributed by atoms with E-state index in [-0.39, 0.29) is 17.4 Å². The fourth-order valence-electron chi connectivity index (χ4n) is 2.12. The highest BCUT2D eigenvalue weighted by Gasteiger charge is 2.27. The normalized spacial score (nSPS) is 23.2. The van der Waals surface area contributed by atoms with Gasteiger partial charge in [0, 0.05) is 33.2 Å². The molecule has 1 unspecified atom stereocenters. The Morgan fingerprint density at radius 2 is 2.12 bits per heavy atom. The summed E-state index contributed by atoms with van der Waals surface area (Å²) in [5.41, 5.74) is 0.158. The zero-order valence-electron chi connectivity index (χ0n) is 11.2. The lowest BCUT2D eigenvalue weighted by atomic mass is 9.96. The first-order valence-corrected chi connectivity index (χ1v) is 5.96. The fourth-order valence-corrected chi connectivity index (χ4v) is 2.12. The van der Waals surface area contributed by atoms with Crippen molar-refractivity contribution in [1.29, 1.82) is 0 Å². The highest BCUT2D eigenvalue weighted by molar-refractivity contribution is 5.82. The summed E-state index contributed by atoms with van der Waals surface area (Å²) in [4.78, 5) is 16.2. The minimum Gasteiger partial charge on any atom is -0.344 e. The van der Waals surface area contributed by atoms with Crippen molar-refractivity contribution >= 4 is 5.91 Å². The lowest BCUT2D eigenvalue weighted by Crippen LogP contribution is -2.57. The maximum atomic E-state index is 12.2. The van der Waals surface area contributed by atoms with Crippen LogP contribution in [-0.2, 0) is 4.79 Å². The van der Waals surface area contributed by atoms with Crippen molar-refractivity contribution in [3.63, 3.8) is 0 Å². The first-order chi connectivity index (χ1) is 7.29. The van der Waals surface area contributed by atoms with Gasteiger partial charge in [0.05, 0.1) is 6.04 Å². The molecular formula is C12H25N3O. The Kier molecular flexibility index (Phi) is 4.33. The van der Waals surface area contributed by atoms with E-state index in [1.54, 1.807) is 0 Å². The van der Waals surface area contributed by atoms with Gasteiger partial charge in [0.25, 0.3) is 0 Å². The second-order valence-electron chi connectivity index (χ2n) is 6.02. The topological polar surface area (TPSA) is 35.6 Å². The highest BCUT2D eigenvalue weighted by Crippen LogP contribution is 2.15. The average molecular weight is 227 g/mol. The van der Waals surface area contributed by atoms with E-state index in [1.165, 1.54) is 0 Å². The molecule has 0 aromatic heterocycles. The lowest BCUT2D eigenvalue weighted by molar-refractivity contribution is -0.134. The minimum absolute atomic E-state index is 0.0360. The Morgan fingerprint density at radius 1 is 1.50 bits per heavy atom. The van der Waals surface area contributed by atoms with Crippen LogP contribution in [-0.4, -0.2) is 62.0 Å².